The average molecular weight is 301 g/mol. The predicted molar refractivity (Wildman–Crippen MR) is 83.9 cm³/mol. The molecule has 0 spiro atoms. The molecule has 1 amide bonds. The van der Waals surface area contributed by atoms with Gasteiger partial charge in [0.15, 0.2) is 6.61 Å². The van der Waals surface area contributed by atoms with Crippen molar-refractivity contribution in [2.45, 2.75) is 13.8 Å². The molecule has 0 aliphatic heterocycles. The Hall–Kier alpha value is -2.56. The van der Waals surface area contributed by atoms with E-state index in [1.165, 1.54) is 0 Å². The van der Waals surface area contributed by atoms with Crippen molar-refractivity contribution in [2.75, 3.05) is 13.2 Å². The van der Waals surface area contributed by atoms with Crippen LogP contribution in [0.5, 0.6) is 5.75 Å². The number of amides is 1. The van der Waals surface area contributed by atoms with E-state index in [0.717, 1.165) is 10.8 Å². The van der Waals surface area contributed by atoms with Crippen molar-refractivity contribution in [3.8, 4) is 5.75 Å². The Kier molecular flexibility index (Phi) is 4.65. The SMILES string of the molecule is CC(C)(CNC(=O)COc1cccc2ccccc12)C(=O)O. The molecule has 0 aliphatic rings. The Morgan fingerprint density at radius 1 is 1.14 bits per heavy atom. The number of nitrogens with one attached hydrogen (secondary N) is 1. The second-order valence-electron chi connectivity index (χ2n) is 5.73. The zero-order valence-corrected chi connectivity index (χ0v) is 12.6. The van der Waals surface area contributed by atoms with Crippen molar-refractivity contribution >= 4 is 22.6 Å². The minimum atomic E-state index is -1.00. The number of hydrogen-bond donors (Lipinski definition) is 2. The van der Waals surface area contributed by atoms with Gasteiger partial charge >= 0.3 is 5.97 Å². The summed E-state index contributed by atoms with van der Waals surface area (Å²) >= 11 is 0. The number of fused-ring (bicyclic) bond motifs is 1. The number of carbonyl (C=O) groups excluding carboxylic acids is 1. The van der Waals surface area contributed by atoms with Crippen LogP contribution in [0, 0.1) is 5.41 Å². The van der Waals surface area contributed by atoms with Crippen LogP contribution < -0.4 is 10.1 Å². The fourth-order valence-electron chi connectivity index (χ4n) is 1.91. The molecule has 5 heteroatoms. The van der Waals surface area contributed by atoms with Gasteiger partial charge in [-0.3, -0.25) is 9.59 Å². The van der Waals surface area contributed by atoms with Gasteiger partial charge in [-0.15, -0.1) is 0 Å². The highest BCUT2D eigenvalue weighted by Crippen LogP contribution is 2.24. The molecule has 0 aliphatic carbocycles. The molecule has 22 heavy (non-hydrogen) atoms. The molecule has 0 saturated heterocycles. The van der Waals surface area contributed by atoms with Crippen LogP contribution in [0.2, 0.25) is 0 Å². The lowest BCUT2D eigenvalue weighted by atomic mass is 9.94. The van der Waals surface area contributed by atoms with Gasteiger partial charge in [-0.2, -0.15) is 0 Å². The van der Waals surface area contributed by atoms with E-state index in [1.807, 2.05) is 36.4 Å². The third kappa shape index (κ3) is 3.75. The summed E-state index contributed by atoms with van der Waals surface area (Å²) in [5, 5.41) is 13.5. The number of hydrogen-bond acceptors (Lipinski definition) is 3. The van der Waals surface area contributed by atoms with E-state index in [-0.39, 0.29) is 19.1 Å². The van der Waals surface area contributed by atoms with Gasteiger partial charge in [0.2, 0.25) is 0 Å². The third-order valence-corrected chi connectivity index (χ3v) is 3.41. The molecule has 5 nitrogen and oxygen atoms in total. The number of carbonyl (C=O) groups is 2. The van der Waals surface area contributed by atoms with Crippen molar-refractivity contribution in [3.05, 3.63) is 42.5 Å². The maximum Gasteiger partial charge on any atom is 0.310 e. The topological polar surface area (TPSA) is 75.6 Å². The molecule has 0 atom stereocenters. The van der Waals surface area contributed by atoms with Crippen molar-refractivity contribution in [3.63, 3.8) is 0 Å². The molecular formula is C17H19NO4. The monoisotopic (exact) mass is 301 g/mol. The first-order valence-corrected chi connectivity index (χ1v) is 7.01. The summed E-state index contributed by atoms with van der Waals surface area (Å²) in [6.45, 7) is 3.02. The first kappa shape index (κ1) is 15.8. The van der Waals surface area contributed by atoms with Gasteiger partial charge in [0.1, 0.15) is 5.75 Å². The highest BCUT2D eigenvalue weighted by atomic mass is 16.5. The molecule has 2 N–H and O–H groups in total. The molecule has 0 radical (unpaired) electrons. The van der Waals surface area contributed by atoms with E-state index in [9.17, 15) is 9.59 Å². The molecule has 2 aromatic carbocycles. The first-order valence-electron chi connectivity index (χ1n) is 7.01. The van der Waals surface area contributed by atoms with Gasteiger partial charge in [0.25, 0.3) is 5.91 Å². The number of carboxylic acids is 1. The molecule has 0 fully saturated rings. The lowest BCUT2D eigenvalue weighted by molar-refractivity contribution is -0.146. The van der Waals surface area contributed by atoms with Gasteiger partial charge in [-0.25, -0.2) is 0 Å². The van der Waals surface area contributed by atoms with E-state index >= 15 is 0 Å². The van der Waals surface area contributed by atoms with Gasteiger partial charge in [0, 0.05) is 11.9 Å². The highest BCUT2D eigenvalue weighted by molar-refractivity contribution is 5.88. The standard InChI is InChI=1S/C17H19NO4/c1-17(2,16(20)21)11-18-15(19)10-22-14-9-5-7-12-6-3-4-8-13(12)14/h3-9H,10-11H2,1-2H3,(H,18,19)(H,20,21). The lowest BCUT2D eigenvalue weighted by Gasteiger charge is -2.19. The minimum Gasteiger partial charge on any atom is -0.483 e. The van der Waals surface area contributed by atoms with Crippen LogP contribution in [0.25, 0.3) is 10.8 Å². The number of aliphatic carboxylic acids is 1. The quantitative estimate of drug-likeness (QED) is 0.859. The van der Waals surface area contributed by atoms with Gasteiger partial charge in [-0.1, -0.05) is 36.4 Å². The van der Waals surface area contributed by atoms with Crippen LogP contribution in [0.1, 0.15) is 13.8 Å². The molecular weight excluding hydrogens is 282 g/mol. The molecule has 116 valence electrons. The fourth-order valence-corrected chi connectivity index (χ4v) is 1.91. The van der Waals surface area contributed by atoms with E-state index in [4.69, 9.17) is 9.84 Å². The second-order valence-corrected chi connectivity index (χ2v) is 5.73. The zero-order chi connectivity index (χ0) is 16.2. The molecule has 0 saturated carbocycles. The van der Waals surface area contributed by atoms with Crippen LogP contribution in [0.3, 0.4) is 0 Å². The van der Waals surface area contributed by atoms with Crippen LogP contribution in [-0.2, 0) is 9.59 Å². The minimum absolute atomic E-state index is 0.0556. The van der Waals surface area contributed by atoms with Gasteiger partial charge in [0.05, 0.1) is 5.41 Å². The molecule has 0 bridgehead atoms. The Morgan fingerprint density at radius 3 is 2.55 bits per heavy atom. The smallest absolute Gasteiger partial charge is 0.310 e. The summed E-state index contributed by atoms with van der Waals surface area (Å²) in [5.74, 6) is -0.671. The summed E-state index contributed by atoms with van der Waals surface area (Å²) in [6.07, 6.45) is 0. The predicted octanol–water partition coefficient (Wildman–Crippen LogP) is 2.45. The second kappa shape index (κ2) is 6.47. The normalized spacial score (nSPS) is 11.2. The van der Waals surface area contributed by atoms with Crippen LogP contribution in [0.15, 0.2) is 42.5 Å². The van der Waals surface area contributed by atoms with E-state index in [2.05, 4.69) is 5.32 Å². The maximum absolute atomic E-state index is 11.8. The highest BCUT2D eigenvalue weighted by Gasteiger charge is 2.27. The van der Waals surface area contributed by atoms with E-state index in [0.29, 0.717) is 5.75 Å². The summed E-state index contributed by atoms with van der Waals surface area (Å²) in [7, 11) is 0. The Labute approximate surface area is 128 Å². The number of benzene rings is 2. The van der Waals surface area contributed by atoms with Crippen LogP contribution in [-0.4, -0.2) is 30.1 Å². The van der Waals surface area contributed by atoms with E-state index < -0.39 is 11.4 Å². The van der Waals surface area contributed by atoms with Gasteiger partial charge in [-0.05, 0) is 25.3 Å². The Morgan fingerprint density at radius 2 is 1.82 bits per heavy atom. The zero-order valence-electron chi connectivity index (χ0n) is 12.6. The van der Waals surface area contributed by atoms with Crippen LogP contribution >= 0.6 is 0 Å². The van der Waals surface area contributed by atoms with Crippen LogP contribution in [0.4, 0.5) is 0 Å². The van der Waals surface area contributed by atoms with Crippen molar-refractivity contribution < 1.29 is 19.4 Å². The van der Waals surface area contributed by atoms with E-state index in [1.54, 1.807) is 19.9 Å². The van der Waals surface area contributed by atoms with Crippen molar-refractivity contribution in [1.82, 2.24) is 5.32 Å². The fraction of sp³-hybridized carbons (Fsp3) is 0.294. The lowest BCUT2D eigenvalue weighted by Crippen LogP contribution is -2.40. The summed E-state index contributed by atoms with van der Waals surface area (Å²) in [5.41, 5.74) is -1.00. The molecule has 0 unspecified atom stereocenters. The first-order chi connectivity index (χ1) is 10.4. The molecule has 0 aromatic heterocycles. The summed E-state index contributed by atoms with van der Waals surface area (Å²) in [6, 6.07) is 13.4. The molecule has 0 heterocycles. The largest absolute Gasteiger partial charge is 0.483 e. The third-order valence-electron chi connectivity index (χ3n) is 3.41. The molecule has 2 aromatic rings. The maximum atomic E-state index is 11.8. The van der Waals surface area contributed by atoms with Gasteiger partial charge < -0.3 is 15.2 Å². The summed E-state index contributed by atoms with van der Waals surface area (Å²) in [4.78, 5) is 22.8. The number of ether oxygens (including phenoxy) is 1. The van der Waals surface area contributed by atoms with Crippen molar-refractivity contribution in [1.29, 1.82) is 0 Å². The van der Waals surface area contributed by atoms with Crippen molar-refractivity contribution in [2.24, 2.45) is 5.41 Å². The molecule has 2 rings (SSSR count). The number of rotatable bonds is 6. The Balaban J connectivity index is 1.95. The Bertz CT molecular complexity index is 689. The number of carboxylic acid groups (broad SMARTS) is 1. The summed E-state index contributed by atoms with van der Waals surface area (Å²) < 4.78 is 5.55. The average Bonchev–Trinajstić information content (AvgIpc) is 2.50.